The first-order valence-electron chi connectivity index (χ1n) is 8.34. The van der Waals surface area contributed by atoms with Crippen LogP contribution in [0.3, 0.4) is 0 Å². The topological polar surface area (TPSA) is 85.4 Å². The maximum absolute atomic E-state index is 12.3. The van der Waals surface area contributed by atoms with Gasteiger partial charge in [-0.05, 0) is 47.9 Å². The summed E-state index contributed by atoms with van der Waals surface area (Å²) in [6.45, 7) is 3.44. The first-order valence-corrected chi connectivity index (χ1v) is 8.34. The lowest BCUT2D eigenvalue weighted by molar-refractivity contribution is -0.143. The first kappa shape index (κ1) is 16.4. The van der Waals surface area contributed by atoms with Gasteiger partial charge in [-0.2, -0.15) is 0 Å². The average molecular weight is 329 g/mol. The Bertz CT molecular complexity index is 740. The summed E-state index contributed by atoms with van der Waals surface area (Å²) in [4.78, 5) is 28.3. The molecule has 2 aromatic rings. The van der Waals surface area contributed by atoms with E-state index >= 15 is 0 Å². The number of fused-ring (bicyclic) bond motifs is 1. The van der Waals surface area contributed by atoms with Crippen LogP contribution in [0.5, 0.6) is 0 Å². The Balaban J connectivity index is 1.52. The number of carboxylic acid groups (broad SMARTS) is 1. The molecule has 0 bridgehead atoms. The molecule has 2 heterocycles. The molecular weight excluding hydrogens is 306 g/mol. The number of hydrogen-bond donors (Lipinski definition) is 3. The highest BCUT2D eigenvalue weighted by atomic mass is 16.4. The molecule has 2 amide bonds. The van der Waals surface area contributed by atoms with Gasteiger partial charge in [-0.15, -0.1) is 0 Å². The van der Waals surface area contributed by atoms with Gasteiger partial charge in [-0.3, -0.25) is 4.79 Å². The molecular formula is C18H23N3O3. The van der Waals surface area contributed by atoms with Crippen molar-refractivity contribution in [2.75, 3.05) is 19.6 Å². The summed E-state index contributed by atoms with van der Waals surface area (Å²) in [6, 6.07) is 8.06. The SMILES string of the molecule is CC1CC(C(=O)O)CN(C(=O)NCCc2ccc3[nH]ccc3c2)C1. The monoisotopic (exact) mass is 329 g/mol. The Morgan fingerprint density at radius 1 is 1.33 bits per heavy atom. The molecule has 1 aromatic heterocycles. The summed E-state index contributed by atoms with van der Waals surface area (Å²) in [7, 11) is 0. The van der Waals surface area contributed by atoms with Crippen molar-refractivity contribution in [3.63, 3.8) is 0 Å². The Kier molecular flexibility index (Phi) is 4.74. The van der Waals surface area contributed by atoms with Crippen molar-refractivity contribution in [2.24, 2.45) is 11.8 Å². The van der Waals surface area contributed by atoms with Crippen LogP contribution in [-0.4, -0.2) is 46.6 Å². The van der Waals surface area contributed by atoms with Crippen molar-refractivity contribution in [2.45, 2.75) is 19.8 Å². The molecule has 1 aliphatic heterocycles. The zero-order valence-corrected chi connectivity index (χ0v) is 13.8. The lowest BCUT2D eigenvalue weighted by atomic mass is 9.91. The van der Waals surface area contributed by atoms with E-state index < -0.39 is 11.9 Å². The predicted molar refractivity (Wildman–Crippen MR) is 91.9 cm³/mol. The number of nitrogens with zero attached hydrogens (tertiary/aromatic N) is 1. The average Bonchev–Trinajstić information content (AvgIpc) is 3.01. The van der Waals surface area contributed by atoms with Gasteiger partial charge in [-0.25, -0.2) is 4.79 Å². The van der Waals surface area contributed by atoms with Crippen LogP contribution in [0.4, 0.5) is 4.79 Å². The molecule has 0 aliphatic carbocycles. The Hall–Kier alpha value is -2.50. The maximum Gasteiger partial charge on any atom is 0.317 e. The number of carbonyl (C=O) groups excluding carboxylic acids is 1. The minimum atomic E-state index is -0.820. The van der Waals surface area contributed by atoms with E-state index in [4.69, 9.17) is 0 Å². The third kappa shape index (κ3) is 3.69. The molecule has 1 fully saturated rings. The predicted octanol–water partition coefficient (Wildman–Crippen LogP) is 2.46. The highest BCUT2D eigenvalue weighted by molar-refractivity contribution is 5.80. The van der Waals surface area contributed by atoms with Gasteiger partial charge in [0.25, 0.3) is 0 Å². The fourth-order valence-corrected chi connectivity index (χ4v) is 3.38. The third-order valence-electron chi connectivity index (χ3n) is 4.60. The molecule has 24 heavy (non-hydrogen) atoms. The third-order valence-corrected chi connectivity index (χ3v) is 4.60. The molecule has 0 spiro atoms. The molecule has 6 nitrogen and oxygen atoms in total. The van der Waals surface area contributed by atoms with Crippen molar-refractivity contribution in [3.05, 3.63) is 36.0 Å². The number of aromatic amines is 1. The second-order valence-electron chi connectivity index (χ2n) is 6.66. The number of aliphatic carboxylic acids is 1. The number of rotatable bonds is 4. The summed E-state index contributed by atoms with van der Waals surface area (Å²) in [5.41, 5.74) is 2.27. The van der Waals surface area contributed by atoms with Crippen LogP contribution >= 0.6 is 0 Å². The summed E-state index contributed by atoms with van der Waals surface area (Å²) >= 11 is 0. The number of nitrogens with one attached hydrogen (secondary N) is 2. The molecule has 0 radical (unpaired) electrons. The normalized spacial score (nSPS) is 21.0. The van der Waals surface area contributed by atoms with Crippen LogP contribution in [0.1, 0.15) is 18.9 Å². The van der Waals surface area contributed by atoms with Gasteiger partial charge in [-0.1, -0.05) is 13.0 Å². The zero-order valence-electron chi connectivity index (χ0n) is 13.8. The first-order chi connectivity index (χ1) is 11.5. The fraction of sp³-hybridized carbons (Fsp3) is 0.444. The number of benzene rings is 1. The maximum atomic E-state index is 12.3. The van der Waals surface area contributed by atoms with E-state index in [1.165, 1.54) is 0 Å². The van der Waals surface area contributed by atoms with Crippen molar-refractivity contribution in [3.8, 4) is 0 Å². The largest absolute Gasteiger partial charge is 0.481 e. The van der Waals surface area contributed by atoms with E-state index in [9.17, 15) is 14.7 Å². The lowest BCUT2D eigenvalue weighted by Gasteiger charge is -2.34. The van der Waals surface area contributed by atoms with Crippen LogP contribution < -0.4 is 5.32 Å². The zero-order chi connectivity index (χ0) is 17.1. The van der Waals surface area contributed by atoms with Crippen LogP contribution in [0.15, 0.2) is 30.5 Å². The molecule has 3 rings (SSSR count). The summed E-state index contributed by atoms with van der Waals surface area (Å²) in [5.74, 6) is -1.07. The minimum absolute atomic E-state index is 0.171. The second-order valence-corrected chi connectivity index (χ2v) is 6.66. The van der Waals surface area contributed by atoms with Gasteiger partial charge >= 0.3 is 12.0 Å². The van der Waals surface area contributed by atoms with E-state index in [0.29, 0.717) is 26.1 Å². The summed E-state index contributed by atoms with van der Waals surface area (Å²) in [5, 5.41) is 13.3. The number of urea groups is 1. The number of H-pyrrole nitrogens is 1. The van der Waals surface area contributed by atoms with Gasteiger partial charge in [0.05, 0.1) is 5.92 Å². The highest BCUT2D eigenvalue weighted by Crippen LogP contribution is 2.21. The second kappa shape index (κ2) is 6.95. The molecule has 1 aliphatic rings. The lowest BCUT2D eigenvalue weighted by Crippen LogP contribution is -2.49. The van der Waals surface area contributed by atoms with Crippen molar-refractivity contribution in [1.29, 1.82) is 0 Å². The number of aromatic nitrogens is 1. The molecule has 0 saturated carbocycles. The number of carbonyl (C=O) groups is 2. The number of likely N-dealkylation sites (tertiary alicyclic amines) is 1. The number of hydrogen-bond acceptors (Lipinski definition) is 2. The van der Waals surface area contributed by atoms with Crippen molar-refractivity contribution >= 4 is 22.9 Å². The smallest absolute Gasteiger partial charge is 0.317 e. The van der Waals surface area contributed by atoms with Crippen LogP contribution in [0.2, 0.25) is 0 Å². The number of carboxylic acids is 1. The van der Waals surface area contributed by atoms with Gasteiger partial charge in [0, 0.05) is 31.3 Å². The van der Waals surface area contributed by atoms with Crippen LogP contribution in [-0.2, 0) is 11.2 Å². The summed E-state index contributed by atoms with van der Waals surface area (Å²) < 4.78 is 0. The standard InChI is InChI=1S/C18H23N3O3/c1-12-8-15(17(22)23)11-21(10-12)18(24)20-6-4-13-2-3-16-14(9-13)5-7-19-16/h2-3,5,7,9,12,15,19H,4,6,8,10-11H2,1H3,(H,20,24)(H,22,23). The Labute approximate surface area is 140 Å². The van der Waals surface area contributed by atoms with Gasteiger partial charge in [0.2, 0.25) is 0 Å². The highest BCUT2D eigenvalue weighted by Gasteiger charge is 2.31. The van der Waals surface area contributed by atoms with Gasteiger partial charge < -0.3 is 20.3 Å². The van der Waals surface area contributed by atoms with E-state index in [1.54, 1.807) is 4.90 Å². The van der Waals surface area contributed by atoms with Crippen molar-refractivity contribution in [1.82, 2.24) is 15.2 Å². The quantitative estimate of drug-likeness (QED) is 0.805. The van der Waals surface area contributed by atoms with Gasteiger partial charge in [0.15, 0.2) is 0 Å². The molecule has 1 saturated heterocycles. The Morgan fingerprint density at radius 3 is 2.96 bits per heavy atom. The molecule has 3 N–H and O–H groups in total. The van der Waals surface area contributed by atoms with E-state index in [2.05, 4.69) is 22.4 Å². The van der Waals surface area contributed by atoms with E-state index in [-0.39, 0.29) is 11.9 Å². The van der Waals surface area contributed by atoms with E-state index in [1.807, 2.05) is 25.3 Å². The molecule has 6 heteroatoms. The number of amides is 2. The molecule has 128 valence electrons. The number of piperidine rings is 1. The van der Waals surface area contributed by atoms with Crippen molar-refractivity contribution < 1.29 is 14.7 Å². The molecule has 2 atom stereocenters. The van der Waals surface area contributed by atoms with Gasteiger partial charge in [0.1, 0.15) is 0 Å². The molecule has 2 unspecified atom stereocenters. The summed E-state index contributed by atoms with van der Waals surface area (Å²) in [6.07, 6.45) is 3.29. The van der Waals surface area contributed by atoms with Crippen LogP contribution in [0.25, 0.3) is 10.9 Å². The Morgan fingerprint density at radius 2 is 2.17 bits per heavy atom. The fourth-order valence-electron chi connectivity index (χ4n) is 3.38. The van der Waals surface area contributed by atoms with Crippen LogP contribution in [0, 0.1) is 11.8 Å². The minimum Gasteiger partial charge on any atom is -0.481 e. The van der Waals surface area contributed by atoms with E-state index in [0.717, 1.165) is 22.9 Å². The molecule has 1 aromatic carbocycles.